The third-order valence-electron chi connectivity index (χ3n) is 5.23. The lowest BCUT2D eigenvalue weighted by Crippen LogP contribution is -2.42. The fourth-order valence-corrected chi connectivity index (χ4v) is 3.99. The molecule has 3 aliphatic heterocycles. The quantitative estimate of drug-likeness (QED) is 0.796. The lowest BCUT2D eigenvalue weighted by atomic mass is 9.93. The van der Waals surface area contributed by atoms with Gasteiger partial charge in [-0.1, -0.05) is 60.7 Å². The first-order valence-electron chi connectivity index (χ1n) is 9.30. The summed E-state index contributed by atoms with van der Waals surface area (Å²) >= 11 is 0. The molecule has 0 spiro atoms. The van der Waals surface area contributed by atoms with E-state index in [9.17, 15) is 0 Å². The van der Waals surface area contributed by atoms with Gasteiger partial charge in [-0.3, -0.25) is 4.90 Å². The van der Waals surface area contributed by atoms with Crippen LogP contribution < -0.4 is 0 Å². The van der Waals surface area contributed by atoms with Gasteiger partial charge >= 0.3 is 0 Å². The average molecular weight is 355 g/mol. The van der Waals surface area contributed by atoms with Gasteiger partial charge in [0.2, 0.25) is 5.96 Å². The molecule has 5 rings (SSSR count). The third kappa shape index (κ3) is 2.67. The summed E-state index contributed by atoms with van der Waals surface area (Å²) in [5.74, 6) is 1.57. The van der Waals surface area contributed by atoms with E-state index in [-0.39, 0.29) is 12.1 Å². The molecule has 3 heterocycles. The minimum atomic E-state index is 0.0945. The summed E-state index contributed by atoms with van der Waals surface area (Å²) in [6.07, 6.45) is 2.96. The molecule has 5 heteroatoms. The van der Waals surface area contributed by atoms with E-state index in [0.717, 1.165) is 23.8 Å². The van der Waals surface area contributed by atoms with E-state index >= 15 is 0 Å². The fourth-order valence-electron chi connectivity index (χ4n) is 3.99. The van der Waals surface area contributed by atoms with Crippen molar-refractivity contribution in [3.8, 4) is 0 Å². The second kappa shape index (κ2) is 6.20. The van der Waals surface area contributed by atoms with Crippen molar-refractivity contribution in [3.05, 3.63) is 83.6 Å². The third-order valence-corrected chi connectivity index (χ3v) is 5.23. The summed E-state index contributed by atoms with van der Waals surface area (Å²) in [6, 6.07) is 21.3. The number of allylic oxidation sites excluding steroid dienone is 2. The Balaban J connectivity index is 1.63. The van der Waals surface area contributed by atoms with Crippen molar-refractivity contribution >= 4 is 17.6 Å². The number of nitrogens with zero attached hydrogens (tertiary/aromatic N) is 5. The first-order valence-corrected chi connectivity index (χ1v) is 9.30. The number of rotatable bonds is 2. The van der Waals surface area contributed by atoms with Crippen LogP contribution in [-0.2, 0) is 0 Å². The molecule has 0 radical (unpaired) electrons. The molecule has 27 heavy (non-hydrogen) atoms. The number of guanidine groups is 2. The van der Waals surface area contributed by atoms with Crippen LogP contribution in [0.4, 0.5) is 0 Å². The smallest absolute Gasteiger partial charge is 0.250 e. The number of fused-ring (bicyclic) bond motifs is 3. The molecule has 2 atom stereocenters. The molecule has 134 valence electrons. The Kier molecular flexibility index (Phi) is 3.67. The van der Waals surface area contributed by atoms with Crippen molar-refractivity contribution in [3.63, 3.8) is 0 Å². The molecule has 2 aromatic carbocycles. The number of hydrogen-bond acceptors (Lipinski definition) is 5. The minimum absolute atomic E-state index is 0.0945. The van der Waals surface area contributed by atoms with Gasteiger partial charge in [0.15, 0.2) is 0 Å². The van der Waals surface area contributed by atoms with Gasteiger partial charge in [-0.25, -0.2) is 15.0 Å². The molecular weight excluding hydrogens is 334 g/mol. The lowest BCUT2D eigenvalue weighted by Gasteiger charge is -2.36. The van der Waals surface area contributed by atoms with Crippen molar-refractivity contribution in [2.24, 2.45) is 15.1 Å². The van der Waals surface area contributed by atoms with Crippen LogP contribution in [0.15, 0.2) is 87.5 Å². The monoisotopic (exact) mass is 355 g/mol. The molecule has 5 nitrogen and oxygen atoms in total. The second-order valence-corrected chi connectivity index (χ2v) is 7.14. The summed E-state index contributed by atoms with van der Waals surface area (Å²) in [5, 5.41) is 6.88. The van der Waals surface area contributed by atoms with E-state index in [1.807, 2.05) is 18.0 Å². The molecule has 2 aromatic rings. The zero-order valence-corrected chi connectivity index (χ0v) is 15.4. The van der Waals surface area contributed by atoms with Crippen LogP contribution in [0.5, 0.6) is 0 Å². The van der Waals surface area contributed by atoms with Crippen molar-refractivity contribution in [1.29, 1.82) is 0 Å². The van der Waals surface area contributed by atoms with Crippen molar-refractivity contribution in [1.82, 2.24) is 9.91 Å². The van der Waals surface area contributed by atoms with Gasteiger partial charge in [0, 0.05) is 17.8 Å². The summed E-state index contributed by atoms with van der Waals surface area (Å²) in [7, 11) is 0. The van der Waals surface area contributed by atoms with Crippen molar-refractivity contribution in [2.75, 3.05) is 0 Å². The van der Waals surface area contributed by atoms with Gasteiger partial charge in [-0.15, -0.1) is 5.10 Å². The normalized spacial score (nSPS) is 23.8. The Morgan fingerprint density at radius 2 is 1.56 bits per heavy atom. The number of benzene rings is 2. The van der Waals surface area contributed by atoms with Crippen LogP contribution in [0.1, 0.15) is 43.5 Å². The molecular formula is C22H21N5. The van der Waals surface area contributed by atoms with E-state index < -0.39 is 0 Å². The van der Waals surface area contributed by atoms with Crippen molar-refractivity contribution in [2.45, 2.75) is 32.4 Å². The highest BCUT2D eigenvalue weighted by atomic mass is 15.7. The molecule has 0 aliphatic carbocycles. The molecule has 0 saturated carbocycles. The van der Waals surface area contributed by atoms with E-state index in [2.05, 4.69) is 77.5 Å². The Bertz CT molecular complexity index is 988. The molecule has 0 aromatic heterocycles. The van der Waals surface area contributed by atoms with Crippen LogP contribution in [0, 0.1) is 0 Å². The van der Waals surface area contributed by atoms with E-state index in [0.29, 0.717) is 5.96 Å². The van der Waals surface area contributed by atoms with Crippen LogP contribution in [-0.4, -0.2) is 27.5 Å². The van der Waals surface area contributed by atoms with Crippen LogP contribution in [0.2, 0.25) is 0 Å². The predicted octanol–water partition coefficient (Wildman–Crippen LogP) is 4.50. The van der Waals surface area contributed by atoms with Crippen molar-refractivity contribution < 1.29 is 0 Å². The summed E-state index contributed by atoms with van der Waals surface area (Å²) in [4.78, 5) is 11.8. The van der Waals surface area contributed by atoms with Crippen LogP contribution in [0.25, 0.3) is 0 Å². The van der Waals surface area contributed by atoms with Gasteiger partial charge in [0.05, 0.1) is 12.1 Å². The van der Waals surface area contributed by atoms with E-state index in [1.165, 1.54) is 11.1 Å². The highest BCUT2D eigenvalue weighted by Crippen LogP contribution is 2.41. The SMILES string of the molecule is CC1=CC(C)=NC2=NN3C(=N[C@H](c4ccccc4)C[C@@H]3c3ccccc3)N12. The Labute approximate surface area is 159 Å². The molecule has 3 aliphatic rings. The zero-order chi connectivity index (χ0) is 18.4. The topological polar surface area (TPSA) is 43.6 Å². The van der Waals surface area contributed by atoms with Crippen LogP contribution >= 0.6 is 0 Å². The summed E-state index contributed by atoms with van der Waals surface area (Å²) < 4.78 is 0. The highest BCUT2D eigenvalue weighted by molar-refractivity contribution is 6.13. The maximum atomic E-state index is 5.09. The lowest BCUT2D eigenvalue weighted by molar-refractivity contribution is 0.269. The highest BCUT2D eigenvalue weighted by Gasteiger charge is 2.42. The Morgan fingerprint density at radius 1 is 0.889 bits per heavy atom. The Morgan fingerprint density at radius 3 is 2.26 bits per heavy atom. The molecule has 0 amide bonds. The first kappa shape index (κ1) is 16.0. The standard InChI is InChI=1S/C22H21N5/c1-15-13-16(2)26-21(23-15)25-27-20(18-11-7-4-8-12-18)14-19(24-22(26)27)17-9-5-3-6-10-17/h3-13,19-20H,14H2,1-2H3/t19-,20+/m0/s1. The van der Waals surface area contributed by atoms with Gasteiger partial charge in [0.1, 0.15) is 0 Å². The second-order valence-electron chi connectivity index (χ2n) is 7.14. The molecule has 0 unspecified atom stereocenters. The molecule has 0 saturated heterocycles. The van der Waals surface area contributed by atoms with Gasteiger partial charge in [-0.05, 0) is 31.1 Å². The van der Waals surface area contributed by atoms with E-state index in [4.69, 9.17) is 10.1 Å². The number of hydrogen-bond donors (Lipinski definition) is 0. The molecule has 0 N–H and O–H groups in total. The zero-order valence-electron chi connectivity index (χ0n) is 15.4. The fraction of sp³-hybridized carbons (Fsp3) is 0.227. The molecule has 0 fully saturated rings. The first-order chi connectivity index (χ1) is 13.2. The average Bonchev–Trinajstić information content (AvgIpc) is 3.07. The Hall–Kier alpha value is -3.21. The minimum Gasteiger partial charge on any atom is -0.250 e. The summed E-state index contributed by atoms with van der Waals surface area (Å²) in [6.45, 7) is 4.09. The predicted molar refractivity (Wildman–Crippen MR) is 108 cm³/mol. The summed E-state index contributed by atoms with van der Waals surface area (Å²) in [5.41, 5.74) is 4.55. The van der Waals surface area contributed by atoms with E-state index in [1.54, 1.807) is 0 Å². The molecule has 0 bridgehead atoms. The largest absolute Gasteiger partial charge is 0.254 e. The number of hydrazone groups is 1. The van der Waals surface area contributed by atoms with Gasteiger partial charge in [-0.2, -0.15) is 0 Å². The number of aliphatic imine (C=N–C) groups is 2. The maximum Gasteiger partial charge on any atom is 0.254 e. The van der Waals surface area contributed by atoms with Gasteiger partial charge in [0.25, 0.3) is 5.96 Å². The van der Waals surface area contributed by atoms with Crippen LogP contribution in [0.3, 0.4) is 0 Å². The van der Waals surface area contributed by atoms with Gasteiger partial charge < -0.3 is 0 Å². The maximum absolute atomic E-state index is 5.09.